The van der Waals surface area contributed by atoms with Gasteiger partial charge in [0.2, 0.25) is 0 Å². The van der Waals surface area contributed by atoms with Crippen LogP contribution in [0.2, 0.25) is 5.02 Å². The Kier molecular flexibility index (Phi) is 7.52. The van der Waals surface area contributed by atoms with Gasteiger partial charge >= 0.3 is 0 Å². The van der Waals surface area contributed by atoms with Crippen LogP contribution >= 0.6 is 23.5 Å². The summed E-state index contributed by atoms with van der Waals surface area (Å²) in [6.45, 7) is 4.24. The predicted octanol–water partition coefficient (Wildman–Crippen LogP) is 6.36. The highest BCUT2D eigenvalue weighted by Crippen LogP contribution is 2.27. The summed E-state index contributed by atoms with van der Waals surface area (Å²) in [6, 6.07) is 25.9. The monoisotopic (exact) mass is 502 g/mol. The maximum absolute atomic E-state index is 13.2. The third-order valence-corrected chi connectivity index (χ3v) is 7.34. The molecule has 0 radical (unpaired) electrons. The number of para-hydroxylation sites is 1. The van der Waals surface area contributed by atoms with E-state index in [-0.39, 0.29) is 5.91 Å². The summed E-state index contributed by atoms with van der Waals surface area (Å²) in [6.07, 6.45) is 2.78. The molecule has 7 heteroatoms. The maximum Gasteiger partial charge on any atom is 0.253 e. The number of halogens is 1. The zero-order valence-corrected chi connectivity index (χ0v) is 20.9. The lowest BCUT2D eigenvalue weighted by Gasteiger charge is -2.22. The van der Waals surface area contributed by atoms with E-state index < -0.39 is 0 Å². The molecule has 178 valence electrons. The first kappa shape index (κ1) is 23.7. The number of hydrogen-bond donors (Lipinski definition) is 1. The summed E-state index contributed by atoms with van der Waals surface area (Å²) in [4.78, 5) is 23.1. The third-order valence-electron chi connectivity index (χ3n) is 6.20. The molecule has 0 bridgehead atoms. The van der Waals surface area contributed by atoms with Gasteiger partial charge in [0.05, 0.1) is 10.4 Å². The van der Waals surface area contributed by atoms with Crippen LogP contribution in [0.1, 0.15) is 22.3 Å². The summed E-state index contributed by atoms with van der Waals surface area (Å²) in [5.74, 6) is 0.0933. The van der Waals surface area contributed by atoms with Crippen molar-refractivity contribution >= 4 is 46.0 Å². The number of amides is 1. The van der Waals surface area contributed by atoms with Gasteiger partial charge in [-0.1, -0.05) is 41.9 Å². The van der Waals surface area contributed by atoms with Gasteiger partial charge in [-0.05, 0) is 72.5 Å². The van der Waals surface area contributed by atoms with Crippen LogP contribution < -0.4 is 4.72 Å². The number of hydrogen-bond acceptors (Lipinski definition) is 5. The van der Waals surface area contributed by atoms with Crippen molar-refractivity contribution in [1.82, 2.24) is 14.8 Å². The summed E-state index contributed by atoms with van der Waals surface area (Å²) in [5, 5.41) is 1.87. The molecule has 1 aliphatic rings. The molecular weight excluding hydrogens is 476 g/mol. The van der Waals surface area contributed by atoms with Gasteiger partial charge in [0, 0.05) is 60.6 Å². The third kappa shape index (κ3) is 5.96. The van der Waals surface area contributed by atoms with Gasteiger partial charge < -0.3 is 9.62 Å². The molecule has 3 aromatic carbocycles. The lowest BCUT2D eigenvalue weighted by Crippen LogP contribution is -2.35. The predicted molar refractivity (Wildman–Crippen MR) is 145 cm³/mol. The van der Waals surface area contributed by atoms with Crippen molar-refractivity contribution in [2.45, 2.75) is 17.9 Å². The molecule has 1 fully saturated rings. The van der Waals surface area contributed by atoms with Crippen LogP contribution in [0.4, 0.5) is 5.69 Å². The number of nitrogens with zero attached hydrogens (tertiary/aromatic N) is 3. The first-order valence-electron chi connectivity index (χ1n) is 11.8. The normalized spacial score (nSPS) is 14.6. The molecular formula is C28H27ClN4OS. The van der Waals surface area contributed by atoms with Crippen LogP contribution in [0.5, 0.6) is 0 Å². The number of benzene rings is 3. The van der Waals surface area contributed by atoms with E-state index in [1.54, 1.807) is 0 Å². The number of carbonyl (C=O) groups is 1. The van der Waals surface area contributed by atoms with Crippen molar-refractivity contribution in [3.63, 3.8) is 0 Å². The molecule has 1 aliphatic heterocycles. The molecule has 0 spiro atoms. The summed E-state index contributed by atoms with van der Waals surface area (Å²) < 4.78 is 3.38. The molecule has 35 heavy (non-hydrogen) atoms. The number of aromatic nitrogens is 1. The number of fused-ring (bicyclic) bond motifs is 1. The second-order valence-electron chi connectivity index (χ2n) is 8.66. The fraction of sp³-hybridized carbons (Fsp3) is 0.214. The molecule has 5 rings (SSSR count). The average Bonchev–Trinajstić information content (AvgIpc) is 3.14. The molecule has 2 heterocycles. The molecule has 0 atom stereocenters. The Labute approximate surface area is 215 Å². The Morgan fingerprint density at radius 1 is 0.914 bits per heavy atom. The Morgan fingerprint density at radius 2 is 1.71 bits per heavy atom. The molecule has 0 saturated carbocycles. The number of nitrogens with one attached hydrogen (secondary N) is 1. The molecule has 5 nitrogen and oxygen atoms in total. The summed E-state index contributed by atoms with van der Waals surface area (Å²) in [7, 11) is 0. The van der Waals surface area contributed by atoms with Gasteiger partial charge in [-0.15, -0.1) is 0 Å². The van der Waals surface area contributed by atoms with E-state index in [1.165, 1.54) is 17.5 Å². The second kappa shape index (κ2) is 11.1. The summed E-state index contributed by atoms with van der Waals surface area (Å²) in [5.41, 5.74) is 3.89. The number of anilines is 1. The topological polar surface area (TPSA) is 48.5 Å². The van der Waals surface area contributed by atoms with Crippen LogP contribution in [-0.4, -0.2) is 46.9 Å². The van der Waals surface area contributed by atoms with Crippen LogP contribution in [-0.2, 0) is 6.54 Å². The smallest absolute Gasteiger partial charge is 0.253 e. The minimum Gasteiger partial charge on any atom is -0.337 e. The molecule has 0 aliphatic carbocycles. The highest BCUT2D eigenvalue weighted by atomic mass is 35.5. The van der Waals surface area contributed by atoms with Gasteiger partial charge in [-0.3, -0.25) is 14.7 Å². The maximum atomic E-state index is 13.2. The molecule has 1 saturated heterocycles. The van der Waals surface area contributed by atoms with Crippen molar-refractivity contribution in [2.24, 2.45) is 0 Å². The largest absolute Gasteiger partial charge is 0.337 e. The summed E-state index contributed by atoms with van der Waals surface area (Å²) >= 11 is 7.53. The second-order valence-corrected chi connectivity index (χ2v) is 9.95. The van der Waals surface area contributed by atoms with Crippen LogP contribution in [0, 0.1) is 0 Å². The van der Waals surface area contributed by atoms with Crippen LogP contribution in [0.15, 0.2) is 90.0 Å². The highest BCUT2D eigenvalue weighted by molar-refractivity contribution is 8.00. The molecule has 1 aromatic heterocycles. The lowest BCUT2D eigenvalue weighted by atomic mass is 10.2. The molecule has 1 amide bonds. The first-order valence-corrected chi connectivity index (χ1v) is 13.0. The van der Waals surface area contributed by atoms with Gasteiger partial charge in [-0.25, -0.2) is 0 Å². The number of carbonyl (C=O) groups excluding carboxylic acids is 1. The molecule has 0 unspecified atom stereocenters. The van der Waals surface area contributed by atoms with Crippen molar-refractivity contribution in [3.8, 4) is 0 Å². The standard InChI is InChI=1S/C28H27ClN4OS/c29-24-11-7-21(8-12-24)20-32-16-3-17-33(19-18-32)28(34)23-9-13-25(14-10-23)31-35-26-6-1-4-22-5-2-15-30-27(22)26/h1-2,4-15,31H,3,16-20H2. The average molecular weight is 503 g/mol. The van der Waals surface area contributed by atoms with Crippen LogP contribution in [0.25, 0.3) is 10.9 Å². The van der Waals surface area contributed by atoms with Crippen molar-refractivity contribution in [1.29, 1.82) is 0 Å². The lowest BCUT2D eigenvalue weighted by molar-refractivity contribution is 0.0761. The van der Waals surface area contributed by atoms with Gasteiger partial charge in [0.15, 0.2) is 0 Å². The SMILES string of the molecule is O=C(c1ccc(NSc2cccc3cccnc23)cc1)N1CCCN(Cc2ccc(Cl)cc2)CC1. The quantitative estimate of drug-likeness (QED) is 0.311. The Bertz CT molecular complexity index is 1290. The fourth-order valence-corrected chi connectivity index (χ4v) is 5.22. The minimum absolute atomic E-state index is 0.0933. The van der Waals surface area contributed by atoms with Gasteiger partial charge in [0.25, 0.3) is 5.91 Å². The fourth-order valence-electron chi connectivity index (χ4n) is 4.32. The molecule has 4 aromatic rings. The number of rotatable bonds is 6. The van der Waals surface area contributed by atoms with E-state index in [4.69, 9.17) is 11.6 Å². The Balaban J connectivity index is 1.17. The van der Waals surface area contributed by atoms with Crippen molar-refractivity contribution in [2.75, 3.05) is 30.9 Å². The van der Waals surface area contributed by atoms with E-state index >= 15 is 0 Å². The van der Waals surface area contributed by atoms with E-state index in [9.17, 15) is 4.79 Å². The highest BCUT2D eigenvalue weighted by Gasteiger charge is 2.20. The van der Waals surface area contributed by atoms with E-state index in [0.29, 0.717) is 0 Å². The number of pyridine rings is 1. The van der Waals surface area contributed by atoms with E-state index in [0.717, 1.165) is 71.2 Å². The van der Waals surface area contributed by atoms with E-state index in [1.807, 2.05) is 59.6 Å². The zero-order valence-electron chi connectivity index (χ0n) is 19.4. The van der Waals surface area contributed by atoms with Crippen molar-refractivity contribution < 1.29 is 4.79 Å². The van der Waals surface area contributed by atoms with Crippen LogP contribution in [0.3, 0.4) is 0 Å². The molecule has 1 N–H and O–H groups in total. The minimum atomic E-state index is 0.0933. The first-order chi connectivity index (χ1) is 17.2. The van der Waals surface area contributed by atoms with Crippen molar-refractivity contribution in [3.05, 3.63) is 101 Å². The Hall–Kier alpha value is -3.06. The van der Waals surface area contributed by atoms with E-state index in [2.05, 4.69) is 44.9 Å². The van der Waals surface area contributed by atoms with Gasteiger partial charge in [0.1, 0.15) is 0 Å². The van der Waals surface area contributed by atoms with Gasteiger partial charge in [-0.2, -0.15) is 0 Å². The zero-order chi connectivity index (χ0) is 24.0. The Morgan fingerprint density at radius 3 is 2.54 bits per heavy atom.